The summed E-state index contributed by atoms with van der Waals surface area (Å²) in [7, 11) is -1.70. The van der Waals surface area contributed by atoms with Crippen LogP contribution in [0.25, 0.3) is 0 Å². The van der Waals surface area contributed by atoms with Crippen molar-refractivity contribution in [2.75, 3.05) is 0 Å². The zero-order valence-electron chi connectivity index (χ0n) is 12.6. The average molecular weight is 280 g/mol. The normalized spacial score (nSPS) is 22.2. The molecule has 0 aromatic carbocycles. The van der Waals surface area contributed by atoms with E-state index in [0.29, 0.717) is 0 Å². The van der Waals surface area contributed by atoms with Gasteiger partial charge in [0.25, 0.3) is 0 Å². The lowest BCUT2D eigenvalue weighted by Crippen LogP contribution is -2.46. The summed E-state index contributed by atoms with van der Waals surface area (Å²) in [6.07, 6.45) is 25.9. The SMILES string of the molecule is CCC(C)[Si](C1=CC=CC1)(C1=CC=CC1)C1=CC=CC1. The second kappa shape index (κ2) is 5.57. The number of hydrogen-bond donors (Lipinski definition) is 0. The van der Waals surface area contributed by atoms with Gasteiger partial charge in [0.2, 0.25) is 0 Å². The average Bonchev–Trinajstić information content (AvgIpc) is 3.23. The minimum absolute atomic E-state index is 0.783. The summed E-state index contributed by atoms with van der Waals surface area (Å²) in [6, 6.07) is 0. The zero-order chi connectivity index (χ0) is 14.0. The highest BCUT2D eigenvalue weighted by atomic mass is 28.3. The fraction of sp³-hybridized carbons (Fsp3) is 0.368. The lowest BCUT2D eigenvalue weighted by atomic mass is 10.4. The molecule has 0 amide bonds. The highest BCUT2D eigenvalue weighted by Gasteiger charge is 2.47. The van der Waals surface area contributed by atoms with E-state index in [1.54, 1.807) is 15.6 Å². The molecule has 0 aromatic heterocycles. The molecule has 1 atom stereocenters. The zero-order valence-corrected chi connectivity index (χ0v) is 13.6. The fourth-order valence-electron chi connectivity index (χ4n) is 4.09. The van der Waals surface area contributed by atoms with Crippen molar-refractivity contribution in [1.29, 1.82) is 0 Å². The standard InChI is InChI=1S/C19H24Si/c1-3-16(2)20(17-10-4-5-11-17,18-12-6-7-13-18)19-14-8-9-15-19/h4-10,12,14,16H,3,11,13,15H2,1-2H3. The monoisotopic (exact) mass is 280 g/mol. The fourth-order valence-corrected chi connectivity index (χ4v) is 10.2. The van der Waals surface area contributed by atoms with Crippen LogP contribution in [-0.2, 0) is 0 Å². The van der Waals surface area contributed by atoms with E-state index >= 15 is 0 Å². The Morgan fingerprint density at radius 3 is 1.50 bits per heavy atom. The highest BCUT2D eigenvalue weighted by molar-refractivity contribution is 6.99. The van der Waals surface area contributed by atoms with Gasteiger partial charge >= 0.3 is 0 Å². The van der Waals surface area contributed by atoms with Crippen LogP contribution in [-0.4, -0.2) is 8.07 Å². The number of allylic oxidation sites excluding steroid dienone is 12. The van der Waals surface area contributed by atoms with E-state index in [0.717, 1.165) is 5.54 Å². The van der Waals surface area contributed by atoms with Crippen molar-refractivity contribution in [3.63, 3.8) is 0 Å². The summed E-state index contributed by atoms with van der Waals surface area (Å²) in [4.78, 5) is 0. The first-order valence-electron chi connectivity index (χ1n) is 7.88. The van der Waals surface area contributed by atoms with Gasteiger partial charge in [0.15, 0.2) is 0 Å². The molecule has 0 fully saturated rings. The third-order valence-corrected chi connectivity index (χ3v) is 11.2. The van der Waals surface area contributed by atoms with Crippen LogP contribution in [0.3, 0.4) is 0 Å². The Hall–Kier alpha value is -1.34. The predicted octanol–water partition coefficient (Wildman–Crippen LogP) is 5.51. The molecule has 0 heterocycles. The van der Waals surface area contributed by atoms with Gasteiger partial charge in [-0.05, 0) is 24.8 Å². The third kappa shape index (κ3) is 1.96. The minimum Gasteiger partial charge on any atom is -0.0808 e. The van der Waals surface area contributed by atoms with Crippen LogP contribution in [0.5, 0.6) is 0 Å². The summed E-state index contributed by atoms with van der Waals surface area (Å²) in [5, 5.41) is 5.20. The van der Waals surface area contributed by atoms with E-state index in [9.17, 15) is 0 Å². The molecular weight excluding hydrogens is 256 g/mol. The molecule has 0 bridgehead atoms. The summed E-state index contributed by atoms with van der Waals surface area (Å²) >= 11 is 0. The van der Waals surface area contributed by atoms with Crippen molar-refractivity contribution >= 4 is 8.07 Å². The van der Waals surface area contributed by atoms with Gasteiger partial charge in [0, 0.05) is 0 Å². The molecule has 0 aromatic rings. The van der Waals surface area contributed by atoms with Crippen molar-refractivity contribution in [3.05, 3.63) is 70.3 Å². The summed E-state index contributed by atoms with van der Waals surface area (Å²) in [5.41, 5.74) is 0.783. The lowest BCUT2D eigenvalue weighted by molar-refractivity contribution is 0.838. The van der Waals surface area contributed by atoms with Crippen molar-refractivity contribution in [3.8, 4) is 0 Å². The second-order valence-corrected chi connectivity index (χ2v) is 10.6. The molecule has 3 rings (SSSR count). The smallest absolute Gasteiger partial charge is 0.0808 e. The van der Waals surface area contributed by atoms with E-state index < -0.39 is 8.07 Å². The molecule has 0 N–H and O–H groups in total. The van der Waals surface area contributed by atoms with Gasteiger partial charge in [-0.15, -0.1) is 0 Å². The first kappa shape index (κ1) is 13.6. The molecule has 104 valence electrons. The van der Waals surface area contributed by atoms with E-state index in [4.69, 9.17) is 0 Å². The van der Waals surface area contributed by atoms with E-state index in [1.165, 1.54) is 25.7 Å². The molecule has 0 saturated carbocycles. The van der Waals surface area contributed by atoms with E-state index in [1.807, 2.05) is 0 Å². The van der Waals surface area contributed by atoms with Crippen molar-refractivity contribution < 1.29 is 0 Å². The Morgan fingerprint density at radius 1 is 0.850 bits per heavy atom. The molecule has 0 saturated heterocycles. The molecule has 0 nitrogen and oxygen atoms in total. The Morgan fingerprint density at radius 2 is 1.25 bits per heavy atom. The summed E-state index contributed by atoms with van der Waals surface area (Å²) in [6.45, 7) is 4.85. The molecule has 1 heteroatoms. The van der Waals surface area contributed by atoms with Crippen LogP contribution < -0.4 is 0 Å². The first-order chi connectivity index (χ1) is 9.80. The van der Waals surface area contributed by atoms with Gasteiger partial charge in [-0.1, -0.05) is 90.5 Å². The Labute approximate surface area is 124 Å². The van der Waals surface area contributed by atoms with E-state index in [2.05, 4.69) is 68.5 Å². The largest absolute Gasteiger partial charge is 0.139 e. The highest BCUT2D eigenvalue weighted by Crippen LogP contribution is 2.48. The number of hydrogen-bond acceptors (Lipinski definition) is 0. The molecular formula is C19H24Si. The Bertz CT molecular complexity index is 492. The molecule has 3 aliphatic carbocycles. The van der Waals surface area contributed by atoms with Gasteiger partial charge in [-0.2, -0.15) is 0 Å². The molecule has 0 aliphatic heterocycles. The molecule has 20 heavy (non-hydrogen) atoms. The van der Waals surface area contributed by atoms with Crippen LogP contribution in [0.1, 0.15) is 39.5 Å². The van der Waals surface area contributed by atoms with Gasteiger partial charge < -0.3 is 0 Å². The van der Waals surface area contributed by atoms with Crippen molar-refractivity contribution in [1.82, 2.24) is 0 Å². The van der Waals surface area contributed by atoms with Crippen LogP contribution in [0.4, 0.5) is 0 Å². The van der Waals surface area contributed by atoms with Crippen LogP contribution in [0.2, 0.25) is 5.54 Å². The van der Waals surface area contributed by atoms with Gasteiger partial charge in [0.1, 0.15) is 8.07 Å². The topological polar surface area (TPSA) is 0 Å². The second-order valence-electron chi connectivity index (χ2n) is 6.09. The van der Waals surface area contributed by atoms with Gasteiger partial charge in [-0.25, -0.2) is 0 Å². The minimum atomic E-state index is -1.70. The van der Waals surface area contributed by atoms with Crippen molar-refractivity contribution in [2.45, 2.75) is 45.1 Å². The van der Waals surface area contributed by atoms with Gasteiger partial charge in [0.05, 0.1) is 0 Å². The summed E-state index contributed by atoms with van der Waals surface area (Å²) in [5.74, 6) is 0. The van der Waals surface area contributed by atoms with Crippen LogP contribution >= 0.6 is 0 Å². The van der Waals surface area contributed by atoms with Gasteiger partial charge in [-0.3, -0.25) is 0 Å². The quantitative estimate of drug-likeness (QED) is 0.582. The maximum Gasteiger partial charge on any atom is 0.139 e. The first-order valence-corrected chi connectivity index (χ1v) is 9.96. The molecule has 1 unspecified atom stereocenters. The molecule has 3 aliphatic rings. The third-order valence-electron chi connectivity index (χ3n) is 5.18. The Balaban J connectivity index is 2.12. The number of rotatable bonds is 5. The van der Waals surface area contributed by atoms with Crippen molar-refractivity contribution in [2.24, 2.45) is 0 Å². The van der Waals surface area contributed by atoms with Crippen LogP contribution in [0, 0.1) is 0 Å². The predicted molar refractivity (Wildman–Crippen MR) is 91.0 cm³/mol. The maximum absolute atomic E-state index is 2.49. The molecule has 0 radical (unpaired) electrons. The lowest BCUT2D eigenvalue weighted by Gasteiger charge is -2.41. The van der Waals surface area contributed by atoms with Crippen LogP contribution in [0.15, 0.2) is 70.3 Å². The Kier molecular flexibility index (Phi) is 3.80. The van der Waals surface area contributed by atoms with E-state index in [-0.39, 0.29) is 0 Å². The molecule has 0 spiro atoms. The summed E-state index contributed by atoms with van der Waals surface area (Å²) < 4.78 is 0. The maximum atomic E-state index is 2.49.